The molecule has 0 aliphatic heterocycles. The van der Waals surface area contributed by atoms with Gasteiger partial charge in [-0.25, -0.2) is 0 Å². The topological polar surface area (TPSA) is 458 Å². The van der Waals surface area contributed by atoms with Crippen LogP contribution in [0.15, 0.2) is 0 Å². The Morgan fingerprint density at radius 3 is 0.259 bits per heavy atom. The van der Waals surface area contributed by atoms with E-state index in [9.17, 15) is 118 Å². The molecule has 24 nitrogen and oxygen atoms in total. The van der Waals surface area contributed by atoms with Crippen LogP contribution in [0.1, 0.15) is 107 Å². The van der Waals surface area contributed by atoms with Crippen LogP contribution in [-0.2, 0) is 129 Å². The molecule has 0 amide bonds. The summed E-state index contributed by atoms with van der Waals surface area (Å²) in [6, 6.07) is 0. The molecule has 0 N–H and O–H groups in total. The van der Waals surface area contributed by atoms with Crippen molar-refractivity contribution in [3.8, 4) is 0 Å². The van der Waals surface area contributed by atoms with E-state index in [1.165, 1.54) is 55.4 Å². The molecule has 0 heterocycles. The number of carbonyl (C=O) groups is 16. The summed E-state index contributed by atoms with van der Waals surface area (Å²) in [5, 5.41) is 75.8. The average molecular weight is 991 g/mol. The van der Waals surface area contributed by atoms with Crippen LogP contribution < -0.4 is 40.9 Å². The summed E-state index contributed by atoms with van der Waals surface area (Å²) in [4.78, 5) is 154. The van der Waals surface area contributed by atoms with E-state index in [0.717, 1.165) is 0 Å². The molecule has 0 aliphatic rings. The van der Waals surface area contributed by atoms with Crippen LogP contribution in [-0.4, -0.2) is 94.0 Å². The molecule has 0 fully saturated rings. The number of carboxylic acid groups (broad SMARTS) is 8. The minimum atomic E-state index is -1.31. The monoisotopic (exact) mass is 988 g/mol. The van der Waals surface area contributed by atoms with E-state index in [-0.39, 0.29) is 98.7 Å². The first kappa shape index (κ1) is 77.4. The molecule has 0 aliphatic carbocycles. The normalized spacial score (nSPS) is 7.86. The molecule has 0 spiro atoms. The van der Waals surface area contributed by atoms with E-state index >= 15 is 0 Å². The molecule has 26 heteroatoms. The Balaban J connectivity index is -0.0000000565. The van der Waals surface area contributed by atoms with Gasteiger partial charge in [-0.2, -0.15) is 0 Å². The van der Waals surface area contributed by atoms with Crippen LogP contribution in [0, 0.1) is 0 Å². The van der Waals surface area contributed by atoms with Gasteiger partial charge in [-0.05, 0) is 55.4 Å². The maximum Gasteiger partial charge on any atom is 4.00 e. The molecule has 0 atom stereocenters. The van der Waals surface area contributed by atoms with E-state index in [1.807, 2.05) is 0 Å². The van der Waals surface area contributed by atoms with Gasteiger partial charge in [0.2, 0.25) is 0 Å². The molecule has 58 heavy (non-hydrogen) atoms. The predicted octanol–water partition coefficient (Wildman–Crippen LogP) is -10.3. The van der Waals surface area contributed by atoms with Crippen LogP contribution in [0.25, 0.3) is 0 Å². The van der Waals surface area contributed by atoms with Crippen molar-refractivity contribution < 1.29 is 170 Å². The molecule has 0 aromatic rings. The number of carboxylic acids is 8. The van der Waals surface area contributed by atoms with Crippen molar-refractivity contribution in [1.29, 1.82) is 0 Å². The summed E-state index contributed by atoms with van der Waals surface area (Å²) in [5.74, 6) is -13.5. The molecule has 0 bridgehead atoms. The quantitative estimate of drug-likeness (QED) is 0.130. The summed E-state index contributed by atoms with van der Waals surface area (Å²) >= 11 is 0. The summed E-state index contributed by atoms with van der Waals surface area (Å²) in [6.07, 6.45) is -3.78. The van der Waals surface area contributed by atoms with Crippen molar-refractivity contribution in [2.24, 2.45) is 0 Å². The summed E-state index contributed by atoms with van der Waals surface area (Å²) in [5.41, 5.74) is 0. The van der Waals surface area contributed by atoms with Gasteiger partial charge in [0.1, 0.15) is 46.3 Å². The maximum absolute atomic E-state index is 9.83. The van der Waals surface area contributed by atoms with Gasteiger partial charge in [0.05, 0.1) is 0 Å². The van der Waals surface area contributed by atoms with Gasteiger partial charge in [-0.1, -0.05) is 0 Å². The van der Waals surface area contributed by atoms with Crippen LogP contribution in [0.2, 0.25) is 0 Å². The first-order chi connectivity index (χ1) is 25.0. The zero-order valence-corrected chi connectivity index (χ0v) is 37.4. The Kier molecular flexibility index (Phi) is 69.3. The fraction of sp³-hybridized carbons (Fsp3) is 0.500. The summed E-state index contributed by atoms with van der Waals surface area (Å²) in [7, 11) is 0. The van der Waals surface area contributed by atoms with E-state index < -0.39 is 99.1 Å². The molecule has 0 unspecified atom stereocenters. The number of aliphatic carboxylic acids is 8. The fourth-order valence-electron chi connectivity index (χ4n) is 1.63. The second-order valence-electron chi connectivity index (χ2n) is 10.0. The molecule has 0 aromatic heterocycles. The molecule has 0 aromatic carbocycles. The third kappa shape index (κ3) is 175. The number of rotatable bonds is 16. The average Bonchev–Trinajstić information content (AvgIpc) is 2.84. The van der Waals surface area contributed by atoms with Gasteiger partial charge < -0.3 is 79.2 Å². The first-order valence-corrected chi connectivity index (χ1v) is 14.6. The van der Waals surface area contributed by atoms with Crippen LogP contribution >= 0.6 is 0 Å². The van der Waals surface area contributed by atoms with Gasteiger partial charge in [-0.3, -0.25) is 38.4 Å². The van der Waals surface area contributed by atoms with Crippen LogP contribution in [0.4, 0.5) is 0 Å². The fourth-order valence-corrected chi connectivity index (χ4v) is 1.63. The van der Waals surface area contributed by atoms with Crippen molar-refractivity contribution in [2.75, 3.05) is 0 Å². The molecular formula is C32H40O24Zr2. The zero-order chi connectivity index (χ0) is 46.9. The Morgan fingerprint density at radius 2 is 0.259 bits per heavy atom. The molecule has 320 valence electrons. The van der Waals surface area contributed by atoms with Crippen molar-refractivity contribution in [1.82, 2.24) is 0 Å². The summed E-state index contributed by atoms with van der Waals surface area (Å²) in [6.45, 7) is 9.63. The first-order valence-electron chi connectivity index (χ1n) is 14.6. The van der Waals surface area contributed by atoms with E-state index in [1.54, 1.807) is 0 Å². The number of hydrogen-bond acceptors (Lipinski definition) is 24. The van der Waals surface area contributed by atoms with Crippen molar-refractivity contribution in [3.05, 3.63) is 0 Å². The Labute approximate surface area is 369 Å². The van der Waals surface area contributed by atoms with Crippen LogP contribution in [0.3, 0.4) is 0 Å². The van der Waals surface area contributed by atoms with E-state index in [2.05, 4.69) is 0 Å². The van der Waals surface area contributed by atoms with Crippen molar-refractivity contribution >= 4 is 94.0 Å². The zero-order valence-electron chi connectivity index (χ0n) is 32.5. The van der Waals surface area contributed by atoms with Crippen molar-refractivity contribution in [2.45, 2.75) is 107 Å². The summed E-state index contributed by atoms with van der Waals surface area (Å²) < 4.78 is 0. The van der Waals surface area contributed by atoms with Gasteiger partial charge in [-0.15, -0.1) is 0 Å². The number of hydrogen-bond donors (Lipinski definition) is 0. The maximum atomic E-state index is 9.83. The molecule has 0 rings (SSSR count). The van der Waals surface area contributed by atoms with Gasteiger partial charge in [0.15, 0.2) is 0 Å². The number of Topliss-reactive ketones (excluding diaryl/α,β-unsaturated/α-hetero) is 8. The molecule has 0 saturated heterocycles. The second-order valence-corrected chi connectivity index (χ2v) is 10.0. The van der Waals surface area contributed by atoms with Crippen molar-refractivity contribution in [3.63, 3.8) is 0 Å². The molecule has 0 saturated carbocycles. The van der Waals surface area contributed by atoms with Gasteiger partial charge in [0.25, 0.3) is 0 Å². The second kappa shape index (κ2) is 51.9. The molecule has 0 radical (unpaired) electrons. The van der Waals surface area contributed by atoms with E-state index in [4.69, 9.17) is 0 Å². The third-order valence-electron chi connectivity index (χ3n) is 3.15. The SMILES string of the molecule is CC(=O)CC(=O)[O-].CC(=O)CC(=O)[O-].CC(=O)CC(=O)[O-].CC(=O)CC(=O)[O-].CC(=O)CC(=O)[O-].CC(=O)CC(=O)[O-].CC(=O)CC(=O)[O-].CC(=O)CC(=O)[O-].[Zr+4].[Zr+4]. The Hall–Kier alpha value is -5.11. The minimum Gasteiger partial charge on any atom is -0.550 e. The standard InChI is InChI=1S/8C4H6O3.2Zr/c8*1-3(5)2-4(6)7;;/h8*2H2,1H3,(H,6,7);;/q;;;;;;;;2*+4/p-8. The van der Waals surface area contributed by atoms with Gasteiger partial charge in [0, 0.05) is 99.1 Å². The predicted molar refractivity (Wildman–Crippen MR) is 162 cm³/mol. The molecular weight excluding hydrogens is 951 g/mol. The Morgan fingerprint density at radius 1 is 0.207 bits per heavy atom. The smallest absolute Gasteiger partial charge is 0.550 e. The number of ketones is 8. The van der Waals surface area contributed by atoms with E-state index in [0.29, 0.717) is 0 Å². The Bertz CT molecular complexity index is 989. The minimum absolute atomic E-state index is 0. The third-order valence-corrected chi connectivity index (χ3v) is 3.15. The largest absolute Gasteiger partial charge is 4.00 e. The number of carbonyl (C=O) groups excluding carboxylic acids is 16. The van der Waals surface area contributed by atoms with Crippen LogP contribution in [0.5, 0.6) is 0 Å². The van der Waals surface area contributed by atoms with Gasteiger partial charge >= 0.3 is 52.4 Å².